The fourth-order valence-corrected chi connectivity index (χ4v) is 3.65. The van der Waals surface area contributed by atoms with Crippen molar-refractivity contribution in [3.8, 4) is 0 Å². The Morgan fingerprint density at radius 1 is 1.46 bits per heavy atom. The number of fused-ring (bicyclic) bond motifs is 1. The van der Waals surface area contributed by atoms with Crippen LogP contribution in [0.3, 0.4) is 0 Å². The normalized spacial score (nSPS) is 14.3. The molecule has 0 bridgehead atoms. The predicted octanol–water partition coefficient (Wildman–Crippen LogP) is 2.79. The number of hydrogen-bond acceptors (Lipinski definition) is 3. The van der Waals surface area contributed by atoms with E-state index in [1.807, 2.05) is 0 Å². The first-order chi connectivity index (χ1) is 6.24. The molecular weight excluding hydrogens is 252 g/mol. The molecule has 1 aliphatic carbocycles. The van der Waals surface area contributed by atoms with Crippen LogP contribution in [0.15, 0.2) is 3.79 Å². The maximum atomic E-state index is 11.4. The van der Waals surface area contributed by atoms with Crippen molar-refractivity contribution < 1.29 is 9.53 Å². The Labute approximate surface area is 89.0 Å². The lowest BCUT2D eigenvalue weighted by Gasteiger charge is -1.96. The van der Waals surface area contributed by atoms with Crippen molar-refractivity contribution >= 4 is 33.2 Å². The second-order valence-corrected chi connectivity index (χ2v) is 5.35. The molecule has 0 atom stereocenters. The second-order valence-electron chi connectivity index (χ2n) is 3.01. The Kier molecular flexibility index (Phi) is 2.43. The van der Waals surface area contributed by atoms with Gasteiger partial charge in [0.15, 0.2) is 0 Å². The molecule has 1 aliphatic rings. The van der Waals surface area contributed by atoms with E-state index in [9.17, 15) is 4.79 Å². The van der Waals surface area contributed by atoms with E-state index in [2.05, 4.69) is 15.9 Å². The van der Waals surface area contributed by atoms with Crippen molar-refractivity contribution in [1.82, 2.24) is 0 Å². The summed E-state index contributed by atoms with van der Waals surface area (Å²) in [5.41, 5.74) is 2.51. The fraction of sp³-hybridized carbons (Fsp3) is 0.444. The summed E-state index contributed by atoms with van der Waals surface area (Å²) in [6.45, 7) is 0. The summed E-state index contributed by atoms with van der Waals surface area (Å²) in [4.78, 5) is 12.1. The molecule has 13 heavy (non-hydrogen) atoms. The zero-order valence-electron chi connectivity index (χ0n) is 7.22. The Morgan fingerprint density at radius 3 is 2.85 bits per heavy atom. The third-order valence-electron chi connectivity index (χ3n) is 2.29. The highest BCUT2D eigenvalue weighted by Crippen LogP contribution is 2.39. The number of carbonyl (C=O) groups is 1. The Morgan fingerprint density at radius 2 is 2.15 bits per heavy atom. The van der Waals surface area contributed by atoms with E-state index in [-0.39, 0.29) is 5.97 Å². The van der Waals surface area contributed by atoms with Crippen LogP contribution in [0.5, 0.6) is 0 Å². The van der Waals surface area contributed by atoms with Gasteiger partial charge in [-0.15, -0.1) is 11.3 Å². The highest BCUT2D eigenvalue weighted by molar-refractivity contribution is 9.11. The Balaban J connectivity index is 2.48. The van der Waals surface area contributed by atoms with Gasteiger partial charge in [0.2, 0.25) is 0 Å². The molecule has 2 nitrogen and oxygen atoms in total. The van der Waals surface area contributed by atoms with Gasteiger partial charge in [-0.05, 0) is 46.3 Å². The maximum absolute atomic E-state index is 11.4. The molecule has 1 aromatic rings. The largest absolute Gasteiger partial charge is 0.465 e. The van der Waals surface area contributed by atoms with Gasteiger partial charge in [-0.25, -0.2) is 4.79 Å². The van der Waals surface area contributed by atoms with Crippen molar-refractivity contribution in [2.45, 2.75) is 19.3 Å². The van der Waals surface area contributed by atoms with Crippen LogP contribution in [0.4, 0.5) is 0 Å². The highest BCUT2D eigenvalue weighted by Gasteiger charge is 2.25. The van der Waals surface area contributed by atoms with Crippen LogP contribution in [-0.4, -0.2) is 13.1 Å². The molecule has 0 spiro atoms. The molecular formula is C9H9BrO2S. The number of hydrogen-bond donors (Lipinski definition) is 0. The number of ether oxygens (including phenoxy) is 1. The van der Waals surface area contributed by atoms with Crippen molar-refractivity contribution in [2.75, 3.05) is 7.11 Å². The summed E-state index contributed by atoms with van der Waals surface area (Å²) in [5.74, 6) is -0.200. The second kappa shape index (κ2) is 3.42. The fourth-order valence-electron chi connectivity index (χ4n) is 1.68. The maximum Gasteiger partial charge on any atom is 0.348 e. The third kappa shape index (κ3) is 1.42. The minimum absolute atomic E-state index is 0.200. The summed E-state index contributed by atoms with van der Waals surface area (Å²) in [7, 11) is 1.43. The zero-order valence-corrected chi connectivity index (χ0v) is 9.63. The number of rotatable bonds is 1. The lowest BCUT2D eigenvalue weighted by Crippen LogP contribution is -2.00. The van der Waals surface area contributed by atoms with Gasteiger partial charge >= 0.3 is 5.97 Å². The zero-order chi connectivity index (χ0) is 9.42. The summed E-state index contributed by atoms with van der Waals surface area (Å²) in [6.07, 6.45) is 3.26. The van der Waals surface area contributed by atoms with Gasteiger partial charge in [0.25, 0.3) is 0 Å². The lowest BCUT2D eigenvalue weighted by molar-refractivity contribution is 0.0605. The van der Waals surface area contributed by atoms with Gasteiger partial charge in [-0.1, -0.05) is 0 Å². The van der Waals surface area contributed by atoms with Gasteiger partial charge in [-0.2, -0.15) is 0 Å². The first kappa shape index (κ1) is 9.21. The van der Waals surface area contributed by atoms with Gasteiger partial charge in [0.05, 0.1) is 10.9 Å². The van der Waals surface area contributed by atoms with Gasteiger partial charge in [0.1, 0.15) is 4.88 Å². The molecule has 0 fully saturated rings. The number of halogens is 1. The average molecular weight is 261 g/mol. The molecule has 0 saturated heterocycles. The van der Waals surface area contributed by atoms with Crippen LogP contribution in [0.2, 0.25) is 0 Å². The van der Waals surface area contributed by atoms with E-state index in [1.54, 1.807) is 0 Å². The molecule has 0 aliphatic heterocycles. The molecule has 0 N–H and O–H groups in total. The van der Waals surface area contributed by atoms with Crippen LogP contribution in [-0.2, 0) is 17.6 Å². The van der Waals surface area contributed by atoms with Crippen molar-refractivity contribution in [2.24, 2.45) is 0 Å². The topological polar surface area (TPSA) is 26.3 Å². The molecule has 0 radical (unpaired) electrons. The number of esters is 1. The van der Waals surface area contributed by atoms with Crippen LogP contribution in [0.1, 0.15) is 27.2 Å². The number of thiophene rings is 1. The van der Waals surface area contributed by atoms with Crippen LogP contribution in [0.25, 0.3) is 0 Å². The molecule has 1 aromatic heterocycles. The Bertz CT molecular complexity index is 357. The molecule has 2 rings (SSSR count). The van der Waals surface area contributed by atoms with E-state index in [0.717, 1.165) is 27.9 Å². The van der Waals surface area contributed by atoms with Gasteiger partial charge in [-0.3, -0.25) is 0 Å². The molecule has 0 unspecified atom stereocenters. The van der Waals surface area contributed by atoms with Crippen molar-refractivity contribution in [3.63, 3.8) is 0 Å². The first-order valence-corrected chi connectivity index (χ1v) is 5.73. The average Bonchev–Trinajstić information content (AvgIpc) is 2.68. The summed E-state index contributed by atoms with van der Waals surface area (Å²) >= 11 is 4.97. The summed E-state index contributed by atoms with van der Waals surface area (Å²) in [6, 6.07) is 0. The minimum Gasteiger partial charge on any atom is -0.465 e. The molecule has 0 saturated carbocycles. The van der Waals surface area contributed by atoms with E-state index in [4.69, 9.17) is 4.74 Å². The molecule has 70 valence electrons. The SMILES string of the molecule is COC(=O)c1sc(Br)c2c1CCC2. The monoisotopic (exact) mass is 260 g/mol. The van der Waals surface area contributed by atoms with Crippen molar-refractivity contribution in [3.05, 3.63) is 19.8 Å². The van der Waals surface area contributed by atoms with Crippen molar-refractivity contribution in [1.29, 1.82) is 0 Å². The first-order valence-electron chi connectivity index (χ1n) is 4.12. The minimum atomic E-state index is -0.200. The number of carbonyl (C=O) groups excluding carboxylic acids is 1. The molecule has 0 aromatic carbocycles. The molecule has 1 heterocycles. The van der Waals surface area contributed by atoms with Gasteiger partial charge < -0.3 is 4.74 Å². The summed E-state index contributed by atoms with van der Waals surface area (Å²) < 4.78 is 5.82. The van der Waals surface area contributed by atoms with E-state index in [0.29, 0.717) is 0 Å². The Hall–Kier alpha value is -0.350. The van der Waals surface area contributed by atoms with Gasteiger partial charge in [0, 0.05) is 0 Å². The highest BCUT2D eigenvalue weighted by atomic mass is 79.9. The smallest absolute Gasteiger partial charge is 0.348 e. The van der Waals surface area contributed by atoms with Crippen LogP contribution in [0, 0.1) is 0 Å². The lowest BCUT2D eigenvalue weighted by atomic mass is 10.2. The quantitative estimate of drug-likeness (QED) is 0.726. The van der Waals surface area contributed by atoms with E-state index in [1.165, 1.54) is 29.6 Å². The number of methoxy groups -OCH3 is 1. The van der Waals surface area contributed by atoms with Crippen LogP contribution >= 0.6 is 27.3 Å². The summed E-state index contributed by atoms with van der Waals surface area (Å²) in [5, 5.41) is 0. The predicted molar refractivity (Wildman–Crippen MR) is 55.4 cm³/mol. The third-order valence-corrected chi connectivity index (χ3v) is 4.30. The molecule has 0 amide bonds. The van der Waals surface area contributed by atoms with E-state index >= 15 is 0 Å². The molecule has 4 heteroatoms. The standard InChI is InChI=1S/C9H9BrO2S/c1-12-9(11)7-5-3-2-4-6(5)8(10)13-7/h2-4H2,1H3. The van der Waals surface area contributed by atoms with E-state index < -0.39 is 0 Å². The van der Waals surface area contributed by atoms with Crippen LogP contribution < -0.4 is 0 Å².